The Balaban J connectivity index is 1.92. The molecule has 0 atom stereocenters. The molecule has 1 saturated carbocycles. The van der Waals surface area contributed by atoms with E-state index in [1.54, 1.807) is 0 Å². The molecule has 1 fully saturated rings. The van der Waals surface area contributed by atoms with Gasteiger partial charge in [0, 0.05) is 16.7 Å². The quantitative estimate of drug-likeness (QED) is 0.825. The van der Waals surface area contributed by atoms with Gasteiger partial charge in [0.15, 0.2) is 0 Å². The van der Waals surface area contributed by atoms with Crippen molar-refractivity contribution in [2.45, 2.75) is 39.0 Å². The molecule has 2 aromatic rings. The SMILES string of the molecule is Cc1cc(N)c(C)c(Oc2nc(C3(C)CC3)c(Cl)s2)c1. The zero-order valence-electron chi connectivity index (χ0n) is 11.8. The van der Waals surface area contributed by atoms with E-state index in [1.165, 1.54) is 11.3 Å². The summed E-state index contributed by atoms with van der Waals surface area (Å²) in [6.45, 7) is 6.13. The molecule has 1 aliphatic carbocycles. The minimum absolute atomic E-state index is 0.149. The highest BCUT2D eigenvalue weighted by atomic mass is 35.5. The maximum Gasteiger partial charge on any atom is 0.280 e. The van der Waals surface area contributed by atoms with Gasteiger partial charge in [-0.2, -0.15) is 0 Å². The summed E-state index contributed by atoms with van der Waals surface area (Å²) in [7, 11) is 0. The van der Waals surface area contributed by atoms with E-state index in [9.17, 15) is 0 Å². The van der Waals surface area contributed by atoms with E-state index < -0.39 is 0 Å². The third-order valence-corrected chi connectivity index (χ3v) is 5.01. The average Bonchev–Trinajstić information content (AvgIpc) is 2.99. The topological polar surface area (TPSA) is 48.1 Å². The van der Waals surface area contributed by atoms with Crippen LogP contribution in [0.25, 0.3) is 0 Å². The van der Waals surface area contributed by atoms with Crippen molar-refractivity contribution in [1.82, 2.24) is 4.98 Å². The van der Waals surface area contributed by atoms with Gasteiger partial charge in [-0.1, -0.05) is 29.9 Å². The zero-order chi connectivity index (χ0) is 14.5. The molecule has 0 bridgehead atoms. The molecule has 0 radical (unpaired) electrons. The number of aryl methyl sites for hydroxylation is 1. The van der Waals surface area contributed by atoms with Crippen LogP contribution in [-0.2, 0) is 5.41 Å². The molecule has 3 rings (SSSR count). The van der Waals surface area contributed by atoms with Gasteiger partial charge >= 0.3 is 0 Å². The van der Waals surface area contributed by atoms with E-state index in [4.69, 9.17) is 22.1 Å². The highest BCUT2D eigenvalue weighted by Gasteiger charge is 2.43. The second kappa shape index (κ2) is 4.64. The minimum Gasteiger partial charge on any atom is -0.430 e. The van der Waals surface area contributed by atoms with Crippen LogP contribution < -0.4 is 10.5 Å². The van der Waals surface area contributed by atoms with Crippen molar-refractivity contribution in [2.24, 2.45) is 0 Å². The summed E-state index contributed by atoms with van der Waals surface area (Å²) in [4.78, 5) is 4.56. The Hall–Kier alpha value is -1.26. The van der Waals surface area contributed by atoms with Crippen molar-refractivity contribution in [3.05, 3.63) is 33.3 Å². The van der Waals surface area contributed by atoms with Crippen LogP contribution in [0.5, 0.6) is 10.9 Å². The third-order valence-electron chi connectivity index (χ3n) is 3.88. The van der Waals surface area contributed by atoms with Gasteiger partial charge in [0.05, 0.1) is 5.69 Å². The summed E-state index contributed by atoms with van der Waals surface area (Å²) in [5.41, 5.74) is 9.82. The standard InChI is InChI=1S/C15H17ClN2OS/c1-8-6-10(17)9(2)11(7-8)19-14-18-12(13(16)20-14)15(3)4-5-15/h6-7H,4-5,17H2,1-3H3. The van der Waals surface area contributed by atoms with Crippen LogP contribution in [0.2, 0.25) is 4.34 Å². The lowest BCUT2D eigenvalue weighted by Gasteiger charge is -2.09. The molecule has 1 heterocycles. The van der Waals surface area contributed by atoms with E-state index >= 15 is 0 Å². The fourth-order valence-corrected chi connectivity index (χ4v) is 3.45. The number of rotatable bonds is 3. The highest BCUT2D eigenvalue weighted by molar-refractivity contribution is 7.17. The molecule has 1 aromatic heterocycles. The smallest absolute Gasteiger partial charge is 0.280 e. The number of thiazole rings is 1. The number of nitrogens with zero attached hydrogens (tertiary/aromatic N) is 1. The number of nitrogen functional groups attached to an aromatic ring is 1. The summed E-state index contributed by atoms with van der Waals surface area (Å²) in [6.07, 6.45) is 2.29. The summed E-state index contributed by atoms with van der Waals surface area (Å²) < 4.78 is 6.63. The fraction of sp³-hybridized carbons (Fsp3) is 0.400. The summed E-state index contributed by atoms with van der Waals surface area (Å²) in [6, 6.07) is 3.91. The van der Waals surface area contributed by atoms with Crippen molar-refractivity contribution in [1.29, 1.82) is 0 Å². The Kier molecular flexibility index (Phi) is 3.18. The summed E-state index contributed by atoms with van der Waals surface area (Å²) in [5, 5.41) is 0.589. The van der Waals surface area contributed by atoms with Gasteiger partial charge in [0.1, 0.15) is 10.1 Å². The normalized spacial score (nSPS) is 16.2. The molecular formula is C15H17ClN2OS. The molecule has 106 valence electrons. The first-order valence-electron chi connectivity index (χ1n) is 6.60. The lowest BCUT2D eigenvalue weighted by Crippen LogP contribution is -2.01. The number of benzene rings is 1. The number of hydrogen-bond donors (Lipinski definition) is 1. The van der Waals surface area contributed by atoms with Crippen LogP contribution >= 0.6 is 22.9 Å². The van der Waals surface area contributed by atoms with Crippen LogP contribution in [0.15, 0.2) is 12.1 Å². The van der Waals surface area contributed by atoms with Gasteiger partial charge in [-0.25, -0.2) is 4.98 Å². The van der Waals surface area contributed by atoms with E-state index in [2.05, 4.69) is 11.9 Å². The number of nitrogens with two attached hydrogens (primary N) is 1. The first-order chi connectivity index (χ1) is 9.39. The number of hydrogen-bond acceptors (Lipinski definition) is 4. The molecule has 0 spiro atoms. The second-order valence-electron chi connectivity index (χ2n) is 5.74. The van der Waals surface area contributed by atoms with Gasteiger partial charge in [0.25, 0.3) is 5.19 Å². The summed E-state index contributed by atoms with van der Waals surface area (Å²) in [5.74, 6) is 0.750. The number of ether oxygens (including phenoxy) is 1. The van der Waals surface area contributed by atoms with Gasteiger partial charge in [0.2, 0.25) is 0 Å². The Bertz CT molecular complexity index is 677. The van der Waals surface area contributed by atoms with Crippen molar-refractivity contribution >= 4 is 28.6 Å². The molecule has 20 heavy (non-hydrogen) atoms. The molecule has 3 nitrogen and oxygen atoms in total. The van der Waals surface area contributed by atoms with E-state index in [0.717, 1.165) is 45.4 Å². The van der Waals surface area contributed by atoms with E-state index in [1.807, 2.05) is 26.0 Å². The molecular weight excluding hydrogens is 292 g/mol. The first-order valence-corrected chi connectivity index (χ1v) is 7.80. The molecule has 0 unspecified atom stereocenters. The van der Waals surface area contributed by atoms with Gasteiger partial charge in [-0.15, -0.1) is 0 Å². The number of aromatic nitrogens is 1. The molecule has 2 N–H and O–H groups in total. The third kappa shape index (κ3) is 2.38. The zero-order valence-corrected chi connectivity index (χ0v) is 13.4. The molecule has 5 heteroatoms. The van der Waals surface area contributed by atoms with Gasteiger partial charge in [-0.3, -0.25) is 0 Å². The van der Waals surface area contributed by atoms with Crippen molar-refractivity contribution in [2.75, 3.05) is 5.73 Å². The molecule has 1 aliphatic rings. The van der Waals surface area contributed by atoms with E-state index in [0.29, 0.717) is 5.19 Å². The van der Waals surface area contributed by atoms with Crippen LogP contribution in [-0.4, -0.2) is 4.98 Å². The largest absolute Gasteiger partial charge is 0.430 e. The summed E-state index contributed by atoms with van der Waals surface area (Å²) >= 11 is 7.68. The van der Waals surface area contributed by atoms with Crippen LogP contribution in [0.4, 0.5) is 5.69 Å². The Morgan fingerprint density at radius 3 is 2.70 bits per heavy atom. The maximum absolute atomic E-state index is 6.29. The predicted molar refractivity (Wildman–Crippen MR) is 84.1 cm³/mol. The Morgan fingerprint density at radius 2 is 2.05 bits per heavy atom. The van der Waals surface area contributed by atoms with Gasteiger partial charge < -0.3 is 10.5 Å². The highest BCUT2D eigenvalue weighted by Crippen LogP contribution is 2.52. The number of anilines is 1. The lowest BCUT2D eigenvalue weighted by atomic mass is 10.1. The van der Waals surface area contributed by atoms with Crippen molar-refractivity contribution in [3.63, 3.8) is 0 Å². The molecule has 0 amide bonds. The average molecular weight is 309 g/mol. The van der Waals surface area contributed by atoms with Crippen LogP contribution in [0.1, 0.15) is 36.6 Å². The maximum atomic E-state index is 6.29. The molecule has 0 aliphatic heterocycles. The second-order valence-corrected chi connectivity index (χ2v) is 7.31. The monoisotopic (exact) mass is 308 g/mol. The van der Waals surface area contributed by atoms with Crippen molar-refractivity contribution < 1.29 is 4.74 Å². The predicted octanol–water partition coefficient (Wildman–Crippen LogP) is 4.84. The van der Waals surface area contributed by atoms with Gasteiger partial charge in [-0.05, 0) is 44.4 Å². The van der Waals surface area contributed by atoms with Crippen molar-refractivity contribution in [3.8, 4) is 10.9 Å². The Morgan fingerprint density at radius 1 is 1.35 bits per heavy atom. The minimum atomic E-state index is 0.149. The molecule has 0 saturated heterocycles. The lowest BCUT2D eigenvalue weighted by molar-refractivity contribution is 0.471. The number of halogens is 1. The first kappa shape index (κ1) is 13.7. The fourth-order valence-electron chi connectivity index (χ4n) is 2.18. The van der Waals surface area contributed by atoms with Crippen LogP contribution in [0, 0.1) is 13.8 Å². The Labute approximate surface area is 127 Å². The van der Waals surface area contributed by atoms with Crippen LogP contribution in [0.3, 0.4) is 0 Å². The van der Waals surface area contributed by atoms with E-state index in [-0.39, 0.29) is 5.41 Å². The molecule has 1 aromatic carbocycles.